The van der Waals surface area contributed by atoms with Gasteiger partial charge in [-0.3, -0.25) is 0 Å². The molecule has 0 aromatic carbocycles. The van der Waals surface area contributed by atoms with E-state index in [4.69, 9.17) is 0 Å². The fourth-order valence-corrected chi connectivity index (χ4v) is 0. The molecule has 0 heterocycles. The van der Waals surface area contributed by atoms with Crippen LogP contribution in [0.3, 0.4) is 0 Å². The third-order valence-electron chi connectivity index (χ3n) is 0.939. The monoisotopic (exact) mass is 126 g/mol. The van der Waals surface area contributed by atoms with Gasteiger partial charge in [-0.1, -0.05) is 26.7 Å². The molecule has 2 heteroatoms. The summed E-state index contributed by atoms with van der Waals surface area (Å²) in [6, 6.07) is 0. The normalized spacial score (nSPS) is 13.3. The summed E-state index contributed by atoms with van der Waals surface area (Å²) in [6.45, 7) is 5.54. The number of hydrogen-bond acceptors (Lipinski definition) is 1. The average molecular weight is 126 g/mol. The van der Waals surface area contributed by atoms with Crippen molar-refractivity contribution in [3.63, 3.8) is 0 Å². The largest absolute Gasteiger partial charge is 1.00 e. The Hall–Kier alpha value is 1.60. The van der Waals surface area contributed by atoms with E-state index in [-0.39, 0.29) is 51.4 Å². The van der Waals surface area contributed by atoms with Crippen LogP contribution in [0.4, 0.5) is 0 Å². The molecule has 7 heavy (non-hydrogen) atoms. The molecule has 0 aliphatic carbocycles. The minimum atomic E-state index is -0.398. The topological polar surface area (TPSA) is 23.1 Å². The molecule has 0 aromatic rings. The van der Waals surface area contributed by atoms with Gasteiger partial charge in [0.2, 0.25) is 0 Å². The predicted octanol–water partition coefficient (Wildman–Crippen LogP) is -2.60. The quantitative estimate of drug-likeness (QED) is 0.353. The van der Waals surface area contributed by atoms with E-state index in [9.17, 15) is 5.11 Å². The summed E-state index contributed by atoms with van der Waals surface area (Å²) in [5, 5.41) is 10.2. The first kappa shape index (κ1) is 11.4. The van der Waals surface area contributed by atoms with Crippen LogP contribution in [0.25, 0.3) is 0 Å². The Kier molecular flexibility index (Phi) is 9.33. The Morgan fingerprint density at radius 1 is 1.14 bits per heavy atom. The molecule has 0 saturated heterocycles. The van der Waals surface area contributed by atoms with Gasteiger partial charge in [-0.2, -0.15) is 0 Å². The van der Waals surface area contributed by atoms with Crippen molar-refractivity contribution in [2.45, 2.75) is 26.9 Å². The molecule has 1 nitrogen and oxygen atoms in total. The summed E-state index contributed by atoms with van der Waals surface area (Å²) in [7, 11) is 0. The van der Waals surface area contributed by atoms with Gasteiger partial charge in [0.05, 0.1) is 0 Å². The summed E-state index contributed by atoms with van der Waals surface area (Å²) in [6.07, 6.45) is -0.398. The third kappa shape index (κ3) is 7.60. The molecule has 0 bridgehead atoms. The molecule has 0 amide bonds. The maximum absolute atomic E-state index is 10.2. The summed E-state index contributed by atoms with van der Waals surface area (Å²) in [5.74, 6) is 0.296. The summed E-state index contributed by atoms with van der Waals surface area (Å²) >= 11 is 0. The van der Waals surface area contributed by atoms with Crippen LogP contribution in [0.2, 0.25) is 0 Å². The van der Waals surface area contributed by atoms with Crippen molar-refractivity contribution < 1.29 is 56.5 Å². The van der Waals surface area contributed by atoms with Crippen LogP contribution in [-0.2, 0) is 0 Å². The molecular weight excluding hydrogens is 115 g/mol. The Balaban J connectivity index is 0. The average Bonchev–Trinajstić information content (AvgIpc) is 1.36. The van der Waals surface area contributed by atoms with E-state index in [1.807, 2.05) is 13.8 Å². The first-order valence-corrected chi connectivity index (χ1v) is 2.30. The molecule has 0 fully saturated rings. The van der Waals surface area contributed by atoms with Gasteiger partial charge < -0.3 is 5.11 Å². The van der Waals surface area contributed by atoms with Gasteiger partial charge >= 0.3 is 51.4 Å². The van der Waals surface area contributed by atoms with E-state index in [1.165, 1.54) is 0 Å². The molecule has 38 valence electrons. The second-order valence-corrected chi connectivity index (χ2v) is 1.95. The van der Waals surface area contributed by atoms with Crippen LogP contribution in [-0.4, -0.2) is 6.10 Å². The minimum absolute atomic E-state index is 0. The van der Waals surface area contributed by atoms with Gasteiger partial charge in [0, 0.05) is 0 Å². The zero-order valence-corrected chi connectivity index (χ0v) is 8.69. The van der Waals surface area contributed by atoms with Crippen LogP contribution in [0.1, 0.15) is 20.8 Å². The molecular formula is C5H11KO. The van der Waals surface area contributed by atoms with Gasteiger partial charge in [-0.25, -0.2) is 0 Å². The van der Waals surface area contributed by atoms with Crippen molar-refractivity contribution in [2.24, 2.45) is 5.92 Å². The fraction of sp³-hybridized carbons (Fsp3) is 1.00. The van der Waals surface area contributed by atoms with E-state index in [2.05, 4.69) is 0 Å². The third-order valence-corrected chi connectivity index (χ3v) is 0.939. The predicted molar refractivity (Wildman–Crippen MR) is 24.3 cm³/mol. The van der Waals surface area contributed by atoms with E-state index < -0.39 is 6.10 Å². The zero-order chi connectivity index (χ0) is 5.15. The van der Waals surface area contributed by atoms with Crippen molar-refractivity contribution in [2.75, 3.05) is 0 Å². The van der Waals surface area contributed by atoms with Crippen molar-refractivity contribution in [1.29, 1.82) is 0 Å². The van der Waals surface area contributed by atoms with Crippen molar-refractivity contribution in [1.82, 2.24) is 0 Å². The molecule has 1 atom stereocenters. The second kappa shape index (κ2) is 5.73. The van der Waals surface area contributed by atoms with Gasteiger partial charge in [0.15, 0.2) is 0 Å². The first-order chi connectivity index (χ1) is 2.64. The Morgan fingerprint density at radius 3 is 1.29 bits per heavy atom. The maximum Gasteiger partial charge on any atom is 1.00 e. The van der Waals surface area contributed by atoms with Crippen LogP contribution >= 0.6 is 0 Å². The fourth-order valence-electron chi connectivity index (χ4n) is 0. The summed E-state index contributed by atoms with van der Waals surface area (Å²) < 4.78 is 0. The Bertz CT molecular complexity index is 29.1. The zero-order valence-electron chi connectivity index (χ0n) is 5.56. The number of rotatable bonds is 1. The molecule has 0 saturated carbocycles. The number of hydrogen-bond donors (Lipinski definition) is 0. The van der Waals surface area contributed by atoms with Crippen LogP contribution in [0.15, 0.2) is 0 Å². The van der Waals surface area contributed by atoms with Crippen LogP contribution < -0.4 is 56.5 Å². The van der Waals surface area contributed by atoms with Gasteiger partial charge in [0.25, 0.3) is 0 Å². The molecule has 0 radical (unpaired) electrons. The van der Waals surface area contributed by atoms with E-state index in [1.54, 1.807) is 6.92 Å². The standard InChI is InChI=1S/C5H11O.K/c1-4(2)5(3)6;/h4-5H,1-3H3;/q-1;+1. The van der Waals surface area contributed by atoms with Crippen LogP contribution in [0.5, 0.6) is 0 Å². The molecule has 0 aliphatic heterocycles. The van der Waals surface area contributed by atoms with Gasteiger partial charge in [0.1, 0.15) is 0 Å². The maximum atomic E-state index is 10.2. The molecule has 0 aliphatic rings. The van der Waals surface area contributed by atoms with Crippen molar-refractivity contribution in [3.05, 3.63) is 0 Å². The van der Waals surface area contributed by atoms with Gasteiger partial charge in [-0.05, 0) is 0 Å². The smallest absolute Gasteiger partial charge is 0.852 e. The Morgan fingerprint density at radius 2 is 1.29 bits per heavy atom. The second-order valence-electron chi connectivity index (χ2n) is 1.95. The molecule has 0 aromatic heterocycles. The van der Waals surface area contributed by atoms with E-state index in [0.29, 0.717) is 5.92 Å². The molecule has 0 N–H and O–H groups in total. The van der Waals surface area contributed by atoms with Crippen molar-refractivity contribution in [3.8, 4) is 0 Å². The van der Waals surface area contributed by atoms with E-state index >= 15 is 0 Å². The van der Waals surface area contributed by atoms with Gasteiger partial charge in [-0.15, -0.1) is 6.10 Å². The summed E-state index contributed by atoms with van der Waals surface area (Å²) in [4.78, 5) is 0. The Labute approximate surface area is 87.9 Å². The van der Waals surface area contributed by atoms with E-state index in [0.717, 1.165) is 0 Å². The van der Waals surface area contributed by atoms with Crippen molar-refractivity contribution >= 4 is 0 Å². The minimum Gasteiger partial charge on any atom is -0.852 e. The molecule has 0 spiro atoms. The molecule has 0 rings (SSSR count). The summed E-state index contributed by atoms with van der Waals surface area (Å²) in [5.41, 5.74) is 0. The van der Waals surface area contributed by atoms with Crippen LogP contribution in [0, 0.1) is 5.92 Å². The molecule has 1 unspecified atom stereocenters. The SMILES string of the molecule is CC(C)C(C)[O-].[K+]. The first-order valence-electron chi connectivity index (χ1n) is 2.30.